The van der Waals surface area contributed by atoms with Crippen LogP contribution in [0.2, 0.25) is 0 Å². The maximum Gasteiger partial charge on any atom is 0.260 e. The van der Waals surface area contributed by atoms with E-state index in [0.29, 0.717) is 43.4 Å². The Labute approximate surface area is 123 Å². The van der Waals surface area contributed by atoms with E-state index in [1.165, 1.54) is 14.0 Å². The Bertz CT molecular complexity index is 523. The number of rotatable bonds is 5. The number of ketones is 1. The average Bonchev–Trinajstić information content (AvgIpc) is 2.52. The average molecular weight is 293 g/mol. The molecule has 1 aromatic rings. The number of carbonyl (C=O) groups excluding carboxylic acids is 2. The van der Waals surface area contributed by atoms with Gasteiger partial charge in [-0.15, -0.1) is 0 Å². The molecule has 1 amide bonds. The van der Waals surface area contributed by atoms with Gasteiger partial charge in [0.2, 0.25) is 0 Å². The number of hydrogen-bond donors (Lipinski definition) is 0. The number of benzene rings is 1. The third-order valence-corrected chi connectivity index (χ3v) is 3.28. The van der Waals surface area contributed by atoms with Crippen molar-refractivity contribution in [3.63, 3.8) is 0 Å². The maximum absolute atomic E-state index is 12.0. The summed E-state index contributed by atoms with van der Waals surface area (Å²) in [7, 11) is 1.53. The minimum atomic E-state index is -0.119. The van der Waals surface area contributed by atoms with Crippen molar-refractivity contribution in [2.24, 2.45) is 0 Å². The van der Waals surface area contributed by atoms with Crippen LogP contribution in [0.15, 0.2) is 18.2 Å². The van der Waals surface area contributed by atoms with Crippen molar-refractivity contribution in [3.8, 4) is 11.5 Å². The van der Waals surface area contributed by atoms with E-state index in [9.17, 15) is 9.59 Å². The zero-order valence-corrected chi connectivity index (χ0v) is 12.3. The predicted octanol–water partition coefficient (Wildman–Crippen LogP) is 1.14. The number of nitrogens with zero attached hydrogens (tertiary/aromatic N) is 1. The molecule has 0 unspecified atom stereocenters. The van der Waals surface area contributed by atoms with E-state index in [2.05, 4.69) is 0 Å². The van der Waals surface area contributed by atoms with Crippen LogP contribution in [0.3, 0.4) is 0 Å². The van der Waals surface area contributed by atoms with Gasteiger partial charge in [0.25, 0.3) is 5.91 Å². The van der Waals surface area contributed by atoms with Gasteiger partial charge in [0.05, 0.1) is 25.9 Å². The number of amides is 1. The van der Waals surface area contributed by atoms with E-state index in [4.69, 9.17) is 14.2 Å². The topological polar surface area (TPSA) is 65.1 Å². The van der Waals surface area contributed by atoms with Gasteiger partial charge in [-0.1, -0.05) is 0 Å². The van der Waals surface area contributed by atoms with Gasteiger partial charge in [-0.25, -0.2) is 0 Å². The molecule has 0 aliphatic carbocycles. The first-order chi connectivity index (χ1) is 10.1. The van der Waals surface area contributed by atoms with Crippen molar-refractivity contribution in [1.29, 1.82) is 0 Å². The molecule has 0 atom stereocenters. The molecular weight excluding hydrogens is 274 g/mol. The molecule has 1 saturated heterocycles. The number of morpholine rings is 1. The van der Waals surface area contributed by atoms with E-state index >= 15 is 0 Å². The van der Waals surface area contributed by atoms with Gasteiger partial charge >= 0.3 is 0 Å². The molecule has 1 aliphatic rings. The van der Waals surface area contributed by atoms with Crippen molar-refractivity contribution >= 4 is 11.7 Å². The van der Waals surface area contributed by atoms with Crippen molar-refractivity contribution < 1.29 is 23.8 Å². The third-order valence-electron chi connectivity index (χ3n) is 3.28. The van der Waals surface area contributed by atoms with Crippen molar-refractivity contribution in [1.82, 2.24) is 4.90 Å². The number of Topliss-reactive ketones (excluding diaryl/α,β-unsaturated/α-hetero) is 1. The van der Waals surface area contributed by atoms with E-state index in [0.717, 1.165) is 0 Å². The number of hydrogen-bond acceptors (Lipinski definition) is 5. The fourth-order valence-corrected chi connectivity index (χ4v) is 2.08. The first-order valence-corrected chi connectivity index (χ1v) is 6.79. The molecule has 1 aromatic carbocycles. The van der Waals surface area contributed by atoms with Gasteiger partial charge < -0.3 is 19.1 Å². The van der Waals surface area contributed by atoms with Gasteiger partial charge in [0.1, 0.15) is 11.5 Å². The summed E-state index contributed by atoms with van der Waals surface area (Å²) in [5.74, 6) is 0.708. The molecule has 0 radical (unpaired) electrons. The smallest absolute Gasteiger partial charge is 0.260 e. The summed E-state index contributed by atoms with van der Waals surface area (Å²) in [6.07, 6.45) is 0. The third kappa shape index (κ3) is 3.95. The molecule has 0 aromatic heterocycles. The molecular formula is C15H19NO5. The maximum atomic E-state index is 12.0. The van der Waals surface area contributed by atoms with Gasteiger partial charge in [0, 0.05) is 19.2 Å². The molecule has 1 heterocycles. The Kier molecular flexibility index (Phi) is 5.16. The van der Waals surface area contributed by atoms with Crippen molar-refractivity contribution in [2.45, 2.75) is 6.92 Å². The monoisotopic (exact) mass is 293 g/mol. The molecule has 2 rings (SSSR count). The standard InChI is InChI=1S/C15H19NO5/c1-11(17)13-4-3-12(19-2)9-14(13)21-10-15(18)16-5-7-20-8-6-16/h3-4,9H,5-8,10H2,1-2H3. The summed E-state index contributed by atoms with van der Waals surface area (Å²) in [4.78, 5) is 25.3. The van der Waals surface area contributed by atoms with Crippen molar-refractivity contribution in [3.05, 3.63) is 23.8 Å². The first kappa shape index (κ1) is 15.3. The number of carbonyl (C=O) groups is 2. The Morgan fingerprint density at radius 2 is 2.00 bits per heavy atom. The van der Waals surface area contributed by atoms with E-state index in [1.54, 1.807) is 23.1 Å². The largest absolute Gasteiger partial charge is 0.497 e. The number of methoxy groups -OCH3 is 1. The molecule has 0 bridgehead atoms. The van der Waals surface area contributed by atoms with Crippen LogP contribution >= 0.6 is 0 Å². The van der Waals surface area contributed by atoms with Crippen LogP contribution in [-0.4, -0.2) is 56.6 Å². The van der Waals surface area contributed by atoms with Gasteiger partial charge in [-0.05, 0) is 19.1 Å². The lowest BCUT2D eigenvalue weighted by molar-refractivity contribution is -0.137. The van der Waals surface area contributed by atoms with Crippen molar-refractivity contribution in [2.75, 3.05) is 40.0 Å². The molecule has 1 fully saturated rings. The SMILES string of the molecule is COc1ccc(C(C)=O)c(OCC(=O)N2CCOCC2)c1. The minimum Gasteiger partial charge on any atom is -0.497 e. The van der Waals surface area contributed by atoms with E-state index < -0.39 is 0 Å². The molecule has 0 saturated carbocycles. The Hall–Kier alpha value is -2.08. The summed E-state index contributed by atoms with van der Waals surface area (Å²) < 4.78 is 15.8. The lowest BCUT2D eigenvalue weighted by Crippen LogP contribution is -2.43. The summed E-state index contributed by atoms with van der Waals surface area (Å²) in [6.45, 7) is 3.58. The molecule has 6 heteroatoms. The van der Waals surface area contributed by atoms with Gasteiger partial charge in [-0.2, -0.15) is 0 Å². The molecule has 0 N–H and O–H groups in total. The summed E-state index contributed by atoms with van der Waals surface area (Å²) in [5.41, 5.74) is 0.436. The molecule has 0 spiro atoms. The van der Waals surface area contributed by atoms with E-state index in [-0.39, 0.29) is 18.3 Å². The highest BCUT2D eigenvalue weighted by atomic mass is 16.5. The van der Waals surface area contributed by atoms with Crippen LogP contribution in [0.25, 0.3) is 0 Å². The summed E-state index contributed by atoms with van der Waals surface area (Å²) >= 11 is 0. The molecule has 114 valence electrons. The quantitative estimate of drug-likeness (QED) is 0.762. The molecule has 6 nitrogen and oxygen atoms in total. The lowest BCUT2D eigenvalue weighted by Gasteiger charge is -2.26. The first-order valence-electron chi connectivity index (χ1n) is 6.79. The summed E-state index contributed by atoms with van der Waals surface area (Å²) in [5, 5.41) is 0. The summed E-state index contributed by atoms with van der Waals surface area (Å²) in [6, 6.07) is 4.94. The lowest BCUT2D eigenvalue weighted by atomic mass is 10.1. The second-order valence-electron chi connectivity index (χ2n) is 4.70. The van der Waals surface area contributed by atoms with E-state index in [1.807, 2.05) is 0 Å². The Balaban J connectivity index is 2.04. The highest BCUT2D eigenvalue weighted by molar-refractivity contribution is 5.97. The zero-order valence-electron chi connectivity index (χ0n) is 12.3. The molecule has 21 heavy (non-hydrogen) atoms. The van der Waals surface area contributed by atoms with Gasteiger partial charge in [0.15, 0.2) is 12.4 Å². The highest BCUT2D eigenvalue weighted by Gasteiger charge is 2.18. The zero-order chi connectivity index (χ0) is 15.2. The molecule has 1 aliphatic heterocycles. The predicted molar refractivity (Wildman–Crippen MR) is 75.9 cm³/mol. The second kappa shape index (κ2) is 7.08. The fraction of sp³-hybridized carbons (Fsp3) is 0.467. The minimum absolute atomic E-state index is 0.104. The van der Waals surface area contributed by atoms with Crippen LogP contribution in [0, 0.1) is 0 Å². The second-order valence-corrected chi connectivity index (χ2v) is 4.70. The normalized spacial score (nSPS) is 14.7. The van der Waals surface area contributed by atoms with Crippen LogP contribution in [-0.2, 0) is 9.53 Å². The van der Waals surface area contributed by atoms with Crippen LogP contribution < -0.4 is 9.47 Å². The number of ether oxygens (including phenoxy) is 3. The van der Waals surface area contributed by atoms with Crippen LogP contribution in [0.5, 0.6) is 11.5 Å². The van der Waals surface area contributed by atoms with Gasteiger partial charge in [-0.3, -0.25) is 9.59 Å². The Morgan fingerprint density at radius 3 is 2.62 bits per heavy atom. The van der Waals surface area contributed by atoms with Crippen LogP contribution in [0.1, 0.15) is 17.3 Å². The van der Waals surface area contributed by atoms with Crippen LogP contribution in [0.4, 0.5) is 0 Å². The highest BCUT2D eigenvalue weighted by Crippen LogP contribution is 2.25. The Morgan fingerprint density at radius 1 is 1.29 bits per heavy atom. The fourth-order valence-electron chi connectivity index (χ4n) is 2.08.